The smallest absolute Gasteiger partial charge is 0.145 e. The van der Waals surface area contributed by atoms with Crippen LogP contribution < -0.4 is 16.2 Å². The number of nitrogens with two attached hydrogens (primary N) is 1. The fourth-order valence-electron chi connectivity index (χ4n) is 2.26. The molecule has 0 bridgehead atoms. The van der Waals surface area contributed by atoms with Gasteiger partial charge in [-0.05, 0) is 26.4 Å². The zero-order valence-electron chi connectivity index (χ0n) is 10.4. The molecule has 1 aliphatic rings. The van der Waals surface area contributed by atoms with Crippen molar-refractivity contribution in [3.63, 3.8) is 0 Å². The van der Waals surface area contributed by atoms with E-state index < -0.39 is 0 Å². The van der Waals surface area contributed by atoms with Crippen molar-refractivity contribution in [2.75, 3.05) is 37.5 Å². The molecule has 1 aromatic rings. The van der Waals surface area contributed by atoms with E-state index in [-0.39, 0.29) is 0 Å². The number of piperidine rings is 1. The molecule has 6 heteroatoms. The van der Waals surface area contributed by atoms with E-state index in [9.17, 15) is 0 Å². The number of nitrogens with zero attached hydrogens (tertiary/aromatic N) is 4. The van der Waals surface area contributed by atoms with Crippen LogP contribution in [0.3, 0.4) is 0 Å². The third-order valence-corrected chi connectivity index (χ3v) is 3.31. The Morgan fingerprint density at radius 2 is 2.35 bits per heavy atom. The number of likely N-dealkylation sites (N-methyl/N-ethyl adjacent to an activating group) is 2. The standard InChI is InChI=1S/C11H20N6/c1-16-5-3-4-9(7-16)17(2)11-6-10(15-12)13-8-14-11/h6,8-9H,3-5,7,12H2,1-2H3,(H,13,14,15). The Labute approximate surface area is 102 Å². The van der Waals surface area contributed by atoms with Crippen LogP contribution in [0.5, 0.6) is 0 Å². The molecule has 1 unspecified atom stereocenters. The summed E-state index contributed by atoms with van der Waals surface area (Å²) >= 11 is 0. The summed E-state index contributed by atoms with van der Waals surface area (Å²) in [6.07, 6.45) is 3.97. The number of hydrazine groups is 1. The van der Waals surface area contributed by atoms with Gasteiger partial charge in [0, 0.05) is 25.7 Å². The zero-order valence-corrected chi connectivity index (χ0v) is 10.4. The first-order chi connectivity index (χ1) is 8.20. The first kappa shape index (κ1) is 12.1. The third kappa shape index (κ3) is 2.83. The fourth-order valence-corrected chi connectivity index (χ4v) is 2.26. The lowest BCUT2D eigenvalue weighted by atomic mass is 10.1. The molecule has 0 radical (unpaired) electrons. The van der Waals surface area contributed by atoms with Crippen molar-refractivity contribution in [1.29, 1.82) is 0 Å². The molecule has 3 N–H and O–H groups in total. The second-order valence-corrected chi connectivity index (χ2v) is 4.57. The molecule has 1 fully saturated rings. The van der Waals surface area contributed by atoms with Gasteiger partial charge in [-0.2, -0.15) is 0 Å². The van der Waals surface area contributed by atoms with Crippen molar-refractivity contribution in [1.82, 2.24) is 14.9 Å². The highest BCUT2D eigenvalue weighted by molar-refractivity contribution is 5.48. The van der Waals surface area contributed by atoms with E-state index in [1.807, 2.05) is 6.07 Å². The molecule has 17 heavy (non-hydrogen) atoms. The summed E-state index contributed by atoms with van der Waals surface area (Å²) in [5.41, 5.74) is 2.55. The molecule has 94 valence electrons. The summed E-state index contributed by atoms with van der Waals surface area (Å²) in [5.74, 6) is 6.91. The molecule has 6 nitrogen and oxygen atoms in total. The minimum absolute atomic E-state index is 0.509. The van der Waals surface area contributed by atoms with Gasteiger partial charge in [0.2, 0.25) is 0 Å². The van der Waals surface area contributed by atoms with Gasteiger partial charge in [0.25, 0.3) is 0 Å². The number of nitrogen functional groups attached to an aromatic ring is 1. The Morgan fingerprint density at radius 3 is 3.06 bits per heavy atom. The molecule has 2 rings (SSSR count). The second-order valence-electron chi connectivity index (χ2n) is 4.57. The van der Waals surface area contributed by atoms with Crippen LogP contribution in [0.15, 0.2) is 12.4 Å². The van der Waals surface area contributed by atoms with E-state index >= 15 is 0 Å². The lowest BCUT2D eigenvalue weighted by Gasteiger charge is -2.36. The summed E-state index contributed by atoms with van der Waals surface area (Å²) in [6, 6.07) is 2.38. The highest BCUT2D eigenvalue weighted by Crippen LogP contribution is 2.20. The summed E-state index contributed by atoms with van der Waals surface area (Å²) in [4.78, 5) is 12.9. The highest BCUT2D eigenvalue weighted by Gasteiger charge is 2.22. The molecule has 1 aromatic heterocycles. The Morgan fingerprint density at radius 1 is 1.53 bits per heavy atom. The normalized spacial score (nSPS) is 21.2. The Kier molecular flexibility index (Phi) is 3.75. The predicted molar refractivity (Wildman–Crippen MR) is 68.8 cm³/mol. The quantitative estimate of drug-likeness (QED) is 0.581. The van der Waals surface area contributed by atoms with Gasteiger partial charge < -0.3 is 15.2 Å². The highest BCUT2D eigenvalue weighted by atomic mass is 15.3. The SMILES string of the molecule is CN1CCCC(N(C)c2cc(NN)ncn2)C1. The molecule has 2 heterocycles. The van der Waals surface area contributed by atoms with Crippen LogP contribution in [0, 0.1) is 0 Å². The van der Waals surface area contributed by atoms with Gasteiger partial charge in [-0.3, -0.25) is 0 Å². The van der Waals surface area contributed by atoms with E-state index in [0.29, 0.717) is 11.9 Å². The fraction of sp³-hybridized carbons (Fsp3) is 0.636. The molecule has 1 saturated heterocycles. The van der Waals surface area contributed by atoms with E-state index in [4.69, 9.17) is 5.84 Å². The first-order valence-corrected chi connectivity index (χ1v) is 5.90. The molecule has 0 aromatic carbocycles. The van der Waals surface area contributed by atoms with E-state index in [1.165, 1.54) is 25.7 Å². The van der Waals surface area contributed by atoms with Crippen LogP contribution in [-0.4, -0.2) is 48.1 Å². The van der Waals surface area contributed by atoms with Crippen molar-refractivity contribution in [3.8, 4) is 0 Å². The van der Waals surface area contributed by atoms with E-state index in [0.717, 1.165) is 12.4 Å². The maximum absolute atomic E-state index is 5.35. The van der Waals surface area contributed by atoms with Gasteiger partial charge >= 0.3 is 0 Å². The number of hydrogen-bond donors (Lipinski definition) is 2. The van der Waals surface area contributed by atoms with Crippen LogP contribution in [0.25, 0.3) is 0 Å². The van der Waals surface area contributed by atoms with Crippen LogP contribution in [0.4, 0.5) is 11.6 Å². The predicted octanol–water partition coefficient (Wildman–Crippen LogP) is 0.293. The number of aromatic nitrogens is 2. The van der Waals surface area contributed by atoms with Gasteiger partial charge in [0.05, 0.1) is 0 Å². The van der Waals surface area contributed by atoms with E-state index in [1.54, 1.807) is 0 Å². The van der Waals surface area contributed by atoms with Crippen LogP contribution in [-0.2, 0) is 0 Å². The second kappa shape index (κ2) is 5.29. The van der Waals surface area contributed by atoms with Gasteiger partial charge in [-0.25, -0.2) is 15.8 Å². The summed E-state index contributed by atoms with van der Waals surface area (Å²) < 4.78 is 0. The topological polar surface area (TPSA) is 70.3 Å². The van der Waals surface area contributed by atoms with Gasteiger partial charge in [-0.15, -0.1) is 0 Å². The lowest BCUT2D eigenvalue weighted by molar-refractivity contribution is 0.247. The number of hydrogen-bond acceptors (Lipinski definition) is 6. The largest absolute Gasteiger partial charge is 0.355 e. The Bertz CT molecular complexity index is 369. The first-order valence-electron chi connectivity index (χ1n) is 5.90. The third-order valence-electron chi connectivity index (χ3n) is 3.31. The molecule has 0 spiro atoms. The van der Waals surface area contributed by atoms with Crippen molar-refractivity contribution >= 4 is 11.6 Å². The number of nitrogens with one attached hydrogen (secondary N) is 1. The number of rotatable bonds is 3. The van der Waals surface area contributed by atoms with Crippen LogP contribution >= 0.6 is 0 Å². The van der Waals surface area contributed by atoms with Crippen molar-refractivity contribution in [2.24, 2.45) is 5.84 Å². The number of anilines is 2. The summed E-state index contributed by atoms with van der Waals surface area (Å²) in [6.45, 7) is 2.26. The maximum atomic E-state index is 5.35. The average molecular weight is 236 g/mol. The minimum atomic E-state index is 0.509. The molecular formula is C11H20N6. The van der Waals surface area contributed by atoms with Crippen LogP contribution in [0.1, 0.15) is 12.8 Å². The van der Waals surface area contributed by atoms with Crippen molar-refractivity contribution in [3.05, 3.63) is 12.4 Å². The van der Waals surface area contributed by atoms with Crippen LogP contribution in [0.2, 0.25) is 0 Å². The van der Waals surface area contributed by atoms with E-state index in [2.05, 4.69) is 39.3 Å². The lowest BCUT2D eigenvalue weighted by Crippen LogP contribution is -2.45. The molecule has 0 saturated carbocycles. The molecule has 0 aliphatic carbocycles. The average Bonchev–Trinajstić information content (AvgIpc) is 2.38. The summed E-state index contributed by atoms with van der Waals surface area (Å²) in [7, 11) is 4.24. The van der Waals surface area contributed by atoms with Gasteiger partial charge in [0.15, 0.2) is 0 Å². The van der Waals surface area contributed by atoms with Crippen molar-refractivity contribution < 1.29 is 0 Å². The van der Waals surface area contributed by atoms with Gasteiger partial charge in [0.1, 0.15) is 18.0 Å². The zero-order chi connectivity index (χ0) is 12.3. The molecule has 0 amide bonds. The number of likely N-dealkylation sites (tertiary alicyclic amines) is 1. The maximum Gasteiger partial charge on any atom is 0.145 e. The Balaban J connectivity index is 2.09. The molecule has 1 atom stereocenters. The monoisotopic (exact) mass is 236 g/mol. The van der Waals surface area contributed by atoms with Gasteiger partial charge in [-0.1, -0.05) is 0 Å². The summed E-state index contributed by atoms with van der Waals surface area (Å²) in [5, 5.41) is 0. The Hall–Kier alpha value is -1.40. The molecule has 1 aliphatic heterocycles. The molecular weight excluding hydrogens is 216 g/mol. The minimum Gasteiger partial charge on any atom is -0.355 e. The van der Waals surface area contributed by atoms with Crippen molar-refractivity contribution in [2.45, 2.75) is 18.9 Å².